The number of rotatable bonds is 7. The quantitative estimate of drug-likeness (QED) is 0.772. The lowest BCUT2D eigenvalue weighted by Crippen LogP contribution is -2.49. The Morgan fingerprint density at radius 2 is 2.14 bits per heavy atom. The maximum atomic E-state index is 12.2. The summed E-state index contributed by atoms with van der Waals surface area (Å²) in [6, 6.07) is 11.0. The molecule has 0 spiro atoms. The number of hydrogen-bond acceptors (Lipinski definition) is 3. The molecule has 1 amide bonds. The standard InChI is InChI=1S/C18H28N2OS/c1-19(18(21)11-14-22-2)17-9-6-12-20(15-17)13-10-16-7-4-3-5-8-16/h3-5,7-8,17H,6,9-15H2,1-2H3/t17-/m0/s1. The van der Waals surface area contributed by atoms with Crippen molar-refractivity contribution in [1.29, 1.82) is 0 Å². The van der Waals surface area contributed by atoms with Gasteiger partial charge in [-0.2, -0.15) is 11.8 Å². The Hall–Kier alpha value is -1.00. The van der Waals surface area contributed by atoms with E-state index in [1.165, 1.54) is 12.0 Å². The van der Waals surface area contributed by atoms with Crippen LogP contribution in [0.3, 0.4) is 0 Å². The summed E-state index contributed by atoms with van der Waals surface area (Å²) < 4.78 is 0. The average Bonchev–Trinajstić information content (AvgIpc) is 2.58. The van der Waals surface area contributed by atoms with Crippen molar-refractivity contribution >= 4 is 17.7 Å². The van der Waals surface area contributed by atoms with Gasteiger partial charge in [-0.1, -0.05) is 30.3 Å². The third kappa shape index (κ3) is 5.33. The third-order valence-electron chi connectivity index (χ3n) is 4.50. The largest absolute Gasteiger partial charge is 0.341 e. The molecule has 0 bridgehead atoms. The molecule has 0 N–H and O–H groups in total. The Labute approximate surface area is 139 Å². The highest BCUT2D eigenvalue weighted by atomic mass is 32.2. The van der Waals surface area contributed by atoms with E-state index in [9.17, 15) is 4.79 Å². The van der Waals surface area contributed by atoms with Crippen LogP contribution in [0.15, 0.2) is 30.3 Å². The Bertz CT molecular complexity index is 452. The van der Waals surface area contributed by atoms with Crippen LogP contribution >= 0.6 is 11.8 Å². The van der Waals surface area contributed by atoms with Crippen molar-refractivity contribution in [2.24, 2.45) is 0 Å². The number of thioether (sulfide) groups is 1. The summed E-state index contributed by atoms with van der Waals surface area (Å²) in [4.78, 5) is 16.7. The molecule has 1 atom stereocenters. The van der Waals surface area contributed by atoms with Crippen LogP contribution in [0.4, 0.5) is 0 Å². The van der Waals surface area contributed by atoms with Crippen LogP contribution < -0.4 is 0 Å². The summed E-state index contributed by atoms with van der Waals surface area (Å²) in [6.45, 7) is 3.28. The second-order valence-electron chi connectivity index (χ2n) is 6.08. The number of carbonyl (C=O) groups excluding carboxylic acids is 1. The fourth-order valence-corrected chi connectivity index (χ4v) is 3.43. The zero-order valence-corrected chi connectivity index (χ0v) is 14.6. The first kappa shape index (κ1) is 17.4. The molecule has 1 aliphatic rings. The van der Waals surface area contributed by atoms with Crippen LogP contribution in [-0.4, -0.2) is 60.4 Å². The van der Waals surface area contributed by atoms with Crippen molar-refractivity contribution in [2.45, 2.75) is 31.7 Å². The van der Waals surface area contributed by atoms with Gasteiger partial charge in [-0.05, 0) is 37.6 Å². The highest BCUT2D eigenvalue weighted by molar-refractivity contribution is 7.98. The van der Waals surface area contributed by atoms with E-state index in [-0.39, 0.29) is 0 Å². The lowest BCUT2D eigenvalue weighted by Gasteiger charge is -2.37. The van der Waals surface area contributed by atoms with Crippen LogP contribution in [0.25, 0.3) is 0 Å². The van der Waals surface area contributed by atoms with Gasteiger partial charge in [-0.15, -0.1) is 0 Å². The van der Waals surface area contributed by atoms with E-state index in [2.05, 4.69) is 41.5 Å². The first-order valence-electron chi connectivity index (χ1n) is 8.21. The minimum absolute atomic E-state index is 0.296. The fraction of sp³-hybridized carbons (Fsp3) is 0.611. The smallest absolute Gasteiger partial charge is 0.223 e. The molecule has 0 radical (unpaired) electrons. The maximum absolute atomic E-state index is 12.2. The lowest BCUT2D eigenvalue weighted by molar-refractivity contribution is -0.132. The first-order chi connectivity index (χ1) is 10.7. The molecule has 4 heteroatoms. The van der Waals surface area contributed by atoms with Gasteiger partial charge in [-0.25, -0.2) is 0 Å². The van der Waals surface area contributed by atoms with Gasteiger partial charge in [0.25, 0.3) is 0 Å². The molecular weight excluding hydrogens is 292 g/mol. The molecule has 1 saturated heterocycles. The molecule has 0 aromatic heterocycles. The molecule has 1 fully saturated rings. The Kier molecular flexibility index (Phi) is 7.26. The molecule has 22 heavy (non-hydrogen) atoms. The number of carbonyl (C=O) groups is 1. The SMILES string of the molecule is CSCCC(=O)N(C)[C@H]1CCCN(CCc2ccccc2)C1. The van der Waals surface area contributed by atoms with Crippen LogP contribution in [0.2, 0.25) is 0 Å². The van der Waals surface area contributed by atoms with E-state index in [0.29, 0.717) is 18.4 Å². The van der Waals surface area contributed by atoms with Gasteiger partial charge < -0.3 is 9.80 Å². The lowest BCUT2D eigenvalue weighted by atomic mass is 10.0. The van der Waals surface area contributed by atoms with Gasteiger partial charge in [0.1, 0.15) is 0 Å². The summed E-state index contributed by atoms with van der Waals surface area (Å²) in [5.74, 6) is 1.22. The summed E-state index contributed by atoms with van der Waals surface area (Å²) in [5.41, 5.74) is 1.40. The number of likely N-dealkylation sites (tertiary alicyclic amines) is 1. The van der Waals surface area contributed by atoms with E-state index in [1.54, 1.807) is 11.8 Å². The summed E-state index contributed by atoms with van der Waals surface area (Å²) >= 11 is 1.74. The average molecular weight is 321 g/mol. The van der Waals surface area contributed by atoms with E-state index in [4.69, 9.17) is 0 Å². The highest BCUT2D eigenvalue weighted by Crippen LogP contribution is 2.16. The molecule has 0 saturated carbocycles. The Balaban J connectivity index is 1.79. The van der Waals surface area contributed by atoms with Crippen LogP contribution in [0, 0.1) is 0 Å². The van der Waals surface area contributed by atoms with Crippen molar-refractivity contribution < 1.29 is 4.79 Å². The summed E-state index contributed by atoms with van der Waals surface area (Å²) in [7, 11) is 1.98. The van der Waals surface area contributed by atoms with Crippen molar-refractivity contribution in [3.63, 3.8) is 0 Å². The molecule has 0 unspecified atom stereocenters. The Morgan fingerprint density at radius 1 is 1.36 bits per heavy atom. The molecule has 1 heterocycles. The van der Waals surface area contributed by atoms with Crippen molar-refractivity contribution in [2.75, 3.05) is 38.7 Å². The van der Waals surface area contributed by atoms with Crippen LogP contribution in [-0.2, 0) is 11.2 Å². The van der Waals surface area contributed by atoms with Gasteiger partial charge in [-0.3, -0.25) is 4.79 Å². The number of piperidine rings is 1. The van der Waals surface area contributed by atoms with Crippen molar-refractivity contribution in [3.8, 4) is 0 Å². The highest BCUT2D eigenvalue weighted by Gasteiger charge is 2.25. The summed E-state index contributed by atoms with van der Waals surface area (Å²) in [6.07, 6.45) is 6.15. The molecule has 1 aromatic carbocycles. The number of likely N-dealkylation sites (N-methyl/N-ethyl adjacent to an activating group) is 1. The van der Waals surface area contributed by atoms with E-state index >= 15 is 0 Å². The molecule has 0 aliphatic carbocycles. The minimum atomic E-state index is 0.296. The zero-order chi connectivity index (χ0) is 15.8. The molecule has 1 aromatic rings. The van der Waals surface area contributed by atoms with Crippen LogP contribution in [0.5, 0.6) is 0 Å². The maximum Gasteiger partial charge on any atom is 0.223 e. The van der Waals surface area contributed by atoms with E-state index in [1.807, 2.05) is 11.9 Å². The van der Waals surface area contributed by atoms with Gasteiger partial charge in [0.05, 0.1) is 0 Å². The minimum Gasteiger partial charge on any atom is -0.341 e. The molecular formula is C18H28N2OS. The normalized spacial score (nSPS) is 19.1. The van der Waals surface area contributed by atoms with Crippen LogP contribution in [0.1, 0.15) is 24.8 Å². The van der Waals surface area contributed by atoms with Gasteiger partial charge in [0.15, 0.2) is 0 Å². The summed E-state index contributed by atoms with van der Waals surface area (Å²) in [5, 5.41) is 0. The van der Waals surface area contributed by atoms with E-state index in [0.717, 1.165) is 38.2 Å². The Morgan fingerprint density at radius 3 is 2.86 bits per heavy atom. The van der Waals surface area contributed by atoms with Gasteiger partial charge in [0, 0.05) is 38.4 Å². The molecule has 122 valence electrons. The fourth-order valence-electron chi connectivity index (χ4n) is 3.05. The number of hydrogen-bond donors (Lipinski definition) is 0. The number of benzene rings is 1. The zero-order valence-electron chi connectivity index (χ0n) is 13.8. The predicted molar refractivity (Wildman–Crippen MR) is 95.4 cm³/mol. The van der Waals surface area contributed by atoms with E-state index < -0.39 is 0 Å². The second-order valence-corrected chi connectivity index (χ2v) is 7.07. The predicted octanol–water partition coefficient (Wildman–Crippen LogP) is 2.91. The topological polar surface area (TPSA) is 23.6 Å². The number of amides is 1. The molecule has 3 nitrogen and oxygen atoms in total. The van der Waals surface area contributed by atoms with Gasteiger partial charge >= 0.3 is 0 Å². The monoisotopic (exact) mass is 320 g/mol. The molecule has 1 aliphatic heterocycles. The molecule has 2 rings (SSSR count). The van der Waals surface area contributed by atoms with Crippen molar-refractivity contribution in [1.82, 2.24) is 9.80 Å². The third-order valence-corrected chi connectivity index (χ3v) is 5.11. The second kappa shape index (κ2) is 9.21. The van der Waals surface area contributed by atoms with Crippen molar-refractivity contribution in [3.05, 3.63) is 35.9 Å². The first-order valence-corrected chi connectivity index (χ1v) is 9.61. The number of nitrogens with zero attached hydrogens (tertiary/aromatic N) is 2. The van der Waals surface area contributed by atoms with Gasteiger partial charge in [0.2, 0.25) is 5.91 Å².